The molecular formula is C16H31N3O3. The molecule has 0 spiro atoms. The highest BCUT2D eigenvalue weighted by molar-refractivity contribution is 5.74. The third-order valence-corrected chi connectivity index (χ3v) is 4.70. The molecule has 0 aliphatic carbocycles. The predicted octanol–water partition coefficient (Wildman–Crippen LogP) is 1.31. The molecule has 22 heavy (non-hydrogen) atoms. The average Bonchev–Trinajstić information content (AvgIpc) is 2.51. The van der Waals surface area contributed by atoms with Gasteiger partial charge in [-0.15, -0.1) is 0 Å². The van der Waals surface area contributed by atoms with E-state index < -0.39 is 0 Å². The Kier molecular flexibility index (Phi) is 6.92. The SMILES string of the molecule is COCCCN1C(C)CN(C(=O)NC2CCOCC2)CC1C. The Bertz CT molecular complexity index is 336. The minimum atomic E-state index is 0.0853. The molecule has 2 atom stereocenters. The molecule has 2 heterocycles. The summed E-state index contributed by atoms with van der Waals surface area (Å²) in [5.41, 5.74) is 0. The Balaban J connectivity index is 1.80. The number of nitrogens with zero attached hydrogens (tertiary/aromatic N) is 2. The monoisotopic (exact) mass is 313 g/mol. The number of hydrogen-bond acceptors (Lipinski definition) is 4. The lowest BCUT2D eigenvalue weighted by atomic mass is 10.1. The van der Waals surface area contributed by atoms with Gasteiger partial charge in [0.05, 0.1) is 0 Å². The van der Waals surface area contributed by atoms with Crippen LogP contribution in [0.15, 0.2) is 0 Å². The van der Waals surface area contributed by atoms with Crippen molar-refractivity contribution in [2.45, 2.75) is 51.2 Å². The highest BCUT2D eigenvalue weighted by Gasteiger charge is 2.32. The molecule has 1 N–H and O–H groups in total. The van der Waals surface area contributed by atoms with Gasteiger partial charge in [-0.2, -0.15) is 0 Å². The van der Waals surface area contributed by atoms with Crippen LogP contribution in [0, 0.1) is 0 Å². The van der Waals surface area contributed by atoms with E-state index in [1.54, 1.807) is 7.11 Å². The van der Waals surface area contributed by atoms with E-state index in [1.165, 1.54) is 0 Å². The zero-order valence-electron chi connectivity index (χ0n) is 14.2. The van der Waals surface area contributed by atoms with Crippen molar-refractivity contribution in [1.29, 1.82) is 0 Å². The minimum Gasteiger partial charge on any atom is -0.385 e. The fourth-order valence-corrected chi connectivity index (χ4v) is 3.46. The molecule has 2 unspecified atom stereocenters. The summed E-state index contributed by atoms with van der Waals surface area (Å²) in [5, 5.41) is 3.17. The highest BCUT2D eigenvalue weighted by Crippen LogP contribution is 2.17. The van der Waals surface area contributed by atoms with Gasteiger partial charge in [0, 0.05) is 64.7 Å². The number of hydrogen-bond donors (Lipinski definition) is 1. The second kappa shape index (κ2) is 8.70. The molecule has 6 heteroatoms. The van der Waals surface area contributed by atoms with Gasteiger partial charge in [0.25, 0.3) is 0 Å². The second-order valence-electron chi connectivity index (χ2n) is 6.52. The molecule has 0 radical (unpaired) electrons. The molecule has 2 rings (SSSR count). The molecular weight excluding hydrogens is 282 g/mol. The van der Waals surface area contributed by atoms with E-state index in [4.69, 9.17) is 9.47 Å². The lowest BCUT2D eigenvalue weighted by Crippen LogP contribution is -2.60. The summed E-state index contributed by atoms with van der Waals surface area (Å²) < 4.78 is 10.5. The molecule has 2 aliphatic heterocycles. The van der Waals surface area contributed by atoms with E-state index in [9.17, 15) is 4.79 Å². The smallest absolute Gasteiger partial charge is 0.317 e. The maximum absolute atomic E-state index is 12.5. The molecule has 6 nitrogen and oxygen atoms in total. The maximum atomic E-state index is 12.5. The molecule has 2 aliphatic rings. The Morgan fingerprint density at radius 2 is 1.86 bits per heavy atom. The molecule has 2 saturated heterocycles. The van der Waals surface area contributed by atoms with Crippen LogP contribution in [0.4, 0.5) is 4.79 Å². The zero-order valence-corrected chi connectivity index (χ0v) is 14.2. The van der Waals surface area contributed by atoms with E-state index in [0.717, 1.165) is 58.7 Å². The van der Waals surface area contributed by atoms with Gasteiger partial charge >= 0.3 is 6.03 Å². The Labute approximate surface area is 134 Å². The van der Waals surface area contributed by atoms with Gasteiger partial charge < -0.3 is 19.7 Å². The van der Waals surface area contributed by atoms with Crippen LogP contribution in [0.5, 0.6) is 0 Å². The number of ether oxygens (including phenoxy) is 2. The molecule has 0 aromatic heterocycles. The number of carbonyl (C=O) groups excluding carboxylic acids is 1. The molecule has 0 saturated carbocycles. The van der Waals surface area contributed by atoms with Crippen molar-refractivity contribution in [3.8, 4) is 0 Å². The summed E-state index contributed by atoms with van der Waals surface area (Å²) >= 11 is 0. The van der Waals surface area contributed by atoms with Crippen molar-refractivity contribution in [3.05, 3.63) is 0 Å². The first-order chi connectivity index (χ1) is 10.6. The zero-order chi connectivity index (χ0) is 15.9. The largest absolute Gasteiger partial charge is 0.385 e. The minimum absolute atomic E-state index is 0.0853. The number of methoxy groups -OCH3 is 1. The average molecular weight is 313 g/mol. The molecule has 2 amide bonds. The first kappa shape index (κ1) is 17.5. The summed E-state index contributed by atoms with van der Waals surface area (Å²) in [6, 6.07) is 1.14. The molecule has 128 valence electrons. The maximum Gasteiger partial charge on any atom is 0.317 e. The van der Waals surface area contributed by atoms with E-state index >= 15 is 0 Å². The van der Waals surface area contributed by atoms with Gasteiger partial charge in [-0.25, -0.2) is 4.79 Å². The Morgan fingerprint density at radius 3 is 2.45 bits per heavy atom. The normalized spacial score (nSPS) is 27.9. The third-order valence-electron chi connectivity index (χ3n) is 4.70. The molecule has 2 fully saturated rings. The summed E-state index contributed by atoms with van der Waals surface area (Å²) in [6.07, 6.45) is 2.89. The second-order valence-corrected chi connectivity index (χ2v) is 6.52. The van der Waals surface area contributed by atoms with Crippen LogP contribution in [0.2, 0.25) is 0 Å². The van der Waals surface area contributed by atoms with E-state index in [1.807, 2.05) is 4.90 Å². The quantitative estimate of drug-likeness (QED) is 0.778. The van der Waals surface area contributed by atoms with Crippen LogP contribution in [0.25, 0.3) is 0 Å². The highest BCUT2D eigenvalue weighted by atomic mass is 16.5. The molecule has 0 aromatic rings. The van der Waals surface area contributed by atoms with Crippen LogP contribution in [0.1, 0.15) is 33.1 Å². The van der Waals surface area contributed by atoms with Crippen LogP contribution in [0.3, 0.4) is 0 Å². The Morgan fingerprint density at radius 1 is 1.23 bits per heavy atom. The van der Waals surface area contributed by atoms with Crippen molar-refractivity contribution in [2.75, 3.05) is 46.6 Å². The molecule has 0 bridgehead atoms. The van der Waals surface area contributed by atoms with Gasteiger partial charge in [0.15, 0.2) is 0 Å². The predicted molar refractivity (Wildman–Crippen MR) is 86.1 cm³/mol. The van der Waals surface area contributed by atoms with Crippen LogP contribution < -0.4 is 5.32 Å². The number of carbonyl (C=O) groups is 1. The lowest BCUT2D eigenvalue weighted by molar-refractivity contribution is 0.0436. The van der Waals surface area contributed by atoms with Crippen LogP contribution >= 0.6 is 0 Å². The van der Waals surface area contributed by atoms with Gasteiger partial charge in [0.2, 0.25) is 0 Å². The van der Waals surface area contributed by atoms with Crippen LogP contribution in [-0.2, 0) is 9.47 Å². The van der Waals surface area contributed by atoms with Gasteiger partial charge in [-0.3, -0.25) is 4.90 Å². The summed E-state index contributed by atoms with van der Waals surface area (Å²) in [4.78, 5) is 16.9. The summed E-state index contributed by atoms with van der Waals surface area (Å²) in [6.45, 7) is 9.35. The van der Waals surface area contributed by atoms with Gasteiger partial charge in [0.1, 0.15) is 0 Å². The summed E-state index contributed by atoms with van der Waals surface area (Å²) in [7, 11) is 1.74. The number of nitrogens with one attached hydrogen (secondary N) is 1. The van der Waals surface area contributed by atoms with E-state index in [0.29, 0.717) is 12.1 Å². The van der Waals surface area contributed by atoms with Crippen molar-refractivity contribution in [2.24, 2.45) is 0 Å². The van der Waals surface area contributed by atoms with E-state index in [2.05, 4.69) is 24.1 Å². The number of piperazine rings is 1. The Hall–Kier alpha value is -0.850. The van der Waals surface area contributed by atoms with Gasteiger partial charge in [-0.1, -0.05) is 0 Å². The number of amides is 2. The van der Waals surface area contributed by atoms with E-state index in [-0.39, 0.29) is 12.1 Å². The van der Waals surface area contributed by atoms with Crippen molar-refractivity contribution in [1.82, 2.24) is 15.1 Å². The molecule has 0 aromatic carbocycles. The number of urea groups is 1. The third kappa shape index (κ3) is 4.83. The standard InChI is InChI=1S/C16H31N3O3/c1-13-11-18(12-14(2)19(13)7-4-8-21-3)16(20)17-15-5-9-22-10-6-15/h13-15H,4-12H2,1-3H3,(H,17,20). The fourth-order valence-electron chi connectivity index (χ4n) is 3.46. The summed E-state index contributed by atoms with van der Waals surface area (Å²) in [5.74, 6) is 0. The topological polar surface area (TPSA) is 54.0 Å². The van der Waals surface area contributed by atoms with Crippen molar-refractivity contribution in [3.63, 3.8) is 0 Å². The lowest BCUT2D eigenvalue weighted by Gasteiger charge is -2.44. The first-order valence-corrected chi connectivity index (χ1v) is 8.49. The van der Waals surface area contributed by atoms with Crippen molar-refractivity contribution < 1.29 is 14.3 Å². The number of rotatable bonds is 5. The van der Waals surface area contributed by atoms with Gasteiger partial charge in [-0.05, 0) is 33.1 Å². The first-order valence-electron chi connectivity index (χ1n) is 8.49. The van der Waals surface area contributed by atoms with Crippen LogP contribution in [-0.4, -0.2) is 80.5 Å². The van der Waals surface area contributed by atoms with Crippen molar-refractivity contribution >= 4 is 6.03 Å². The fraction of sp³-hybridized carbons (Fsp3) is 0.938.